The molecule has 0 bridgehead atoms. The van der Waals surface area contributed by atoms with E-state index in [2.05, 4.69) is 18.4 Å². The van der Waals surface area contributed by atoms with Crippen LogP contribution in [0, 0.1) is 0 Å². The Balaban J connectivity index is 3.04. The smallest absolute Gasteiger partial charge is 0.0781 e. The fraction of sp³-hybridized carbons (Fsp3) is 0.385. The molecule has 0 saturated heterocycles. The highest BCUT2D eigenvalue weighted by Gasteiger charge is 2.11. The van der Waals surface area contributed by atoms with Crippen LogP contribution in [-0.4, -0.2) is 18.2 Å². The number of para-hydroxylation sites is 1. The monoisotopic (exact) mass is 205 g/mol. The summed E-state index contributed by atoms with van der Waals surface area (Å²) in [6.07, 6.45) is 1.45. The second kappa shape index (κ2) is 5.56. The molecule has 2 heteroatoms. The third-order valence-corrected chi connectivity index (χ3v) is 2.46. The van der Waals surface area contributed by atoms with E-state index >= 15 is 0 Å². The molecule has 0 aromatic heterocycles. The highest BCUT2D eigenvalue weighted by Crippen LogP contribution is 2.25. The van der Waals surface area contributed by atoms with Gasteiger partial charge in [-0.1, -0.05) is 24.3 Å². The van der Waals surface area contributed by atoms with Crippen LogP contribution in [0.15, 0.2) is 36.9 Å². The summed E-state index contributed by atoms with van der Waals surface area (Å²) in [7, 11) is 0. The molecule has 1 rings (SSSR count). The molecule has 0 unspecified atom stereocenters. The van der Waals surface area contributed by atoms with Crippen LogP contribution < -0.4 is 4.90 Å². The van der Waals surface area contributed by atoms with Crippen LogP contribution in [0.4, 0.5) is 5.69 Å². The van der Waals surface area contributed by atoms with Gasteiger partial charge in [0.15, 0.2) is 0 Å². The SMILES string of the molecule is C=CCN(CC)c1ccccc1[C@H](C)O. The predicted octanol–water partition coefficient (Wildman–Crippen LogP) is 2.75. The van der Waals surface area contributed by atoms with Crippen molar-refractivity contribution in [2.24, 2.45) is 0 Å². The molecular formula is C13H19NO. The first-order chi connectivity index (χ1) is 7.20. The molecule has 0 radical (unpaired) electrons. The first-order valence-electron chi connectivity index (χ1n) is 5.33. The number of nitrogens with zero attached hydrogens (tertiary/aromatic N) is 1. The van der Waals surface area contributed by atoms with Gasteiger partial charge in [-0.25, -0.2) is 0 Å². The third-order valence-electron chi connectivity index (χ3n) is 2.46. The summed E-state index contributed by atoms with van der Waals surface area (Å²) in [6.45, 7) is 9.35. The Morgan fingerprint density at radius 2 is 2.13 bits per heavy atom. The predicted molar refractivity (Wildman–Crippen MR) is 65.2 cm³/mol. The van der Waals surface area contributed by atoms with Crippen molar-refractivity contribution >= 4 is 5.69 Å². The number of hydrogen-bond donors (Lipinski definition) is 1. The quantitative estimate of drug-likeness (QED) is 0.747. The summed E-state index contributed by atoms with van der Waals surface area (Å²) in [6, 6.07) is 7.95. The Morgan fingerprint density at radius 3 is 2.67 bits per heavy atom. The lowest BCUT2D eigenvalue weighted by Gasteiger charge is -2.25. The van der Waals surface area contributed by atoms with Gasteiger partial charge in [-0.05, 0) is 19.9 Å². The molecule has 0 spiro atoms. The first-order valence-corrected chi connectivity index (χ1v) is 5.33. The molecule has 15 heavy (non-hydrogen) atoms. The summed E-state index contributed by atoms with van der Waals surface area (Å²) in [4.78, 5) is 2.19. The molecule has 1 aromatic rings. The number of aliphatic hydroxyl groups excluding tert-OH is 1. The summed E-state index contributed by atoms with van der Waals surface area (Å²) < 4.78 is 0. The zero-order valence-electron chi connectivity index (χ0n) is 9.48. The molecule has 0 aliphatic carbocycles. The number of benzene rings is 1. The van der Waals surface area contributed by atoms with E-state index in [0.29, 0.717) is 0 Å². The van der Waals surface area contributed by atoms with E-state index in [1.807, 2.05) is 30.3 Å². The van der Waals surface area contributed by atoms with Crippen LogP contribution in [0.5, 0.6) is 0 Å². The van der Waals surface area contributed by atoms with Crippen LogP contribution in [0.25, 0.3) is 0 Å². The Bertz CT molecular complexity index is 320. The maximum Gasteiger partial charge on any atom is 0.0781 e. The lowest BCUT2D eigenvalue weighted by atomic mass is 10.1. The lowest BCUT2D eigenvalue weighted by molar-refractivity contribution is 0.199. The summed E-state index contributed by atoms with van der Waals surface area (Å²) in [5.74, 6) is 0. The van der Waals surface area contributed by atoms with Crippen molar-refractivity contribution < 1.29 is 5.11 Å². The van der Waals surface area contributed by atoms with Crippen molar-refractivity contribution in [3.8, 4) is 0 Å². The number of likely N-dealkylation sites (N-methyl/N-ethyl adjacent to an activating group) is 1. The molecular weight excluding hydrogens is 186 g/mol. The van der Waals surface area contributed by atoms with Crippen LogP contribution >= 0.6 is 0 Å². The highest BCUT2D eigenvalue weighted by molar-refractivity contribution is 5.54. The third kappa shape index (κ3) is 2.83. The van der Waals surface area contributed by atoms with Gasteiger partial charge in [0, 0.05) is 24.3 Å². The Hall–Kier alpha value is -1.28. The van der Waals surface area contributed by atoms with Crippen molar-refractivity contribution in [2.45, 2.75) is 20.0 Å². The number of hydrogen-bond acceptors (Lipinski definition) is 2. The van der Waals surface area contributed by atoms with Gasteiger partial charge in [0.1, 0.15) is 0 Å². The largest absolute Gasteiger partial charge is 0.389 e. The van der Waals surface area contributed by atoms with Crippen LogP contribution in [0.2, 0.25) is 0 Å². The van der Waals surface area contributed by atoms with E-state index in [1.165, 1.54) is 0 Å². The molecule has 0 heterocycles. The summed E-state index contributed by atoms with van der Waals surface area (Å²) in [5.41, 5.74) is 2.07. The van der Waals surface area contributed by atoms with E-state index in [0.717, 1.165) is 24.3 Å². The van der Waals surface area contributed by atoms with Gasteiger partial charge in [-0.2, -0.15) is 0 Å². The Kier molecular flexibility index (Phi) is 4.37. The fourth-order valence-electron chi connectivity index (χ4n) is 1.68. The van der Waals surface area contributed by atoms with E-state index in [4.69, 9.17) is 0 Å². The highest BCUT2D eigenvalue weighted by atomic mass is 16.3. The standard InChI is InChI=1S/C13H19NO/c1-4-10-14(5-2)13-9-7-6-8-12(13)11(3)15/h4,6-9,11,15H,1,5,10H2,2-3H3/t11-/m0/s1. The van der Waals surface area contributed by atoms with Gasteiger partial charge in [-0.3, -0.25) is 0 Å². The van der Waals surface area contributed by atoms with Crippen LogP contribution in [0.3, 0.4) is 0 Å². The first kappa shape index (κ1) is 11.8. The van der Waals surface area contributed by atoms with E-state index < -0.39 is 6.10 Å². The second-order valence-corrected chi connectivity index (χ2v) is 3.56. The molecule has 0 aliphatic heterocycles. The number of rotatable bonds is 5. The minimum atomic E-state index is -0.430. The molecule has 1 N–H and O–H groups in total. The van der Waals surface area contributed by atoms with E-state index in [9.17, 15) is 5.11 Å². The zero-order chi connectivity index (χ0) is 11.3. The maximum atomic E-state index is 9.66. The van der Waals surface area contributed by atoms with Gasteiger partial charge in [0.05, 0.1) is 6.10 Å². The van der Waals surface area contributed by atoms with Gasteiger partial charge >= 0.3 is 0 Å². The second-order valence-electron chi connectivity index (χ2n) is 3.56. The van der Waals surface area contributed by atoms with E-state index in [-0.39, 0.29) is 0 Å². The van der Waals surface area contributed by atoms with Crippen molar-refractivity contribution in [3.63, 3.8) is 0 Å². The van der Waals surface area contributed by atoms with Gasteiger partial charge in [0.2, 0.25) is 0 Å². The lowest BCUT2D eigenvalue weighted by Crippen LogP contribution is -2.24. The summed E-state index contributed by atoms with van der Waals surface area (Å²) >= 11 is 0. The Labute approximate surface area is 91.9 Å². The molecule has 1 atom stereocenters. The average molecular weight is 205 g/mol. The maximum absolute atomic E-state index is 9.66. The van der Waals surface area contributed by atoms with Crippen molar-refractivity contribution in [2.75, 3.05) is 18.0 Å². The normalized spacial score (nSPS) is 12.2. The number of aliphatic hydroxyl groups is 1. The number of anilines is 1. The molecule has 2 nitrogen and oxygen atoms in total. The minimum absolute atomic E-state index is 0.430. The molecule has 1 aromatic carbocycles. The van der Waals surface area contributed by atoms with Crippen molar-refractivity contribution in [1.82, 2.24) is 0 Å². The van der Waals surface area contributed by atoms with Crippen LogP contribution in [-0.2, 0) is 0 Å². The molecule has 0 fully saturated rings. The molecule has 82 valence electrons. The van der Waals surface area contributed by atoms with Gasteiger partial charge in [-0.15, -0.1) is 6.58 Å². The summed E-state index contributed by atoms with van der Waals surface area (Å²) in [5, 5.41) is 9.66. The minimum Gasteiger partial charge on any atom is -0.389 e. The molecule has 0 saturated carbocycles. The molecule has 0 aliphatic rings. The van der Waals surface area contributed by atoms with Gasteiger partial charge < -0.3 is 10.0 Å². The molecule has 0 amide bonds. The Morgan fingerprint density at radius 1 is 1.47 bits per heavy atom. The topological polar surface area (TPSA) is 23.5 Å². The van der Waals surface area contributed by atoms with E-state index in [1.54, 1.807) is 6.92 Å². The fourth-order valence-corrected chi connectivity index (χ4v) is 1.68. The average Bonchev–Trinajstić information content (AvgIpc) is 2.26. The zero-order valence-corrected chi connectivity index (χ0v) is 9.48. The van der Waals surface area contributed by atoms with Crippen LogP contribution in [0.1, 0.15) is 25.5 Å². The van der Waals surface area contributed by atoms with Crippen molar-refractivity contribution in [3.05, 3.63) is 42.5 Å². The van der Waals surface area contributed by atoms with Gasteiger partial charge in [0.25, 0.3) is 0 Å². The van der Waals surface area contributed by atoms with Crippen molar-refractivity contribution in [1.29, 1.82) is 0 Å².